The molecule has 0 heterocycles. The van der Waals surface area contributed by atoms with Gasteiger partial charge in [-0.05, 0) is 410 Å². The Bertz CT molecular complexity index is 3370. The maximum atomic E-state index is 12.8. The molecule has 12 saturated carbocycles. The van der Waals surface area contributed by atoms with Gasteiger partial charge in [0.15, 0.2) is 0 Å². The molecule has 0 N–H and O–H groups in total. The van der Waals surface area contributed by atoms with Gasteiger partial charge in [0.1, 0.15) is 39.7 Å². The highest BCUT2D eigenvalue weighted by atomic mass is 16.6. The van der Waals surface area contributed by atoms with Gasteiger partial charge in [-0.15, -0.1) is 0 Å². The first kappa shape index (κ1) is 158. The normalized spacial score (nSPS) is 26.4. The Morgan fingerprint density at radius 2 is 0.542 bits per heavy atom. The van der Waals surface area contributed by atoms with Crippen molar-refractivity contribution in [3.8, 4) is 0 Å². The van der Waals surface area contributed by atoms with E-state index in [0.717, 1.165) is 132 Å². The quantitative estimate of drug-likeness (QED) is 0.0535. The van der Waals surface area contributed by atoms with Crippen LogP contribution in [0.5, 0.6) is 0 Å². The minimum absolute atomic E-state index is 0. The first-order chi connectivity index (χ1) is 59.0. The zero-order chi connectivity index (χ0) is 95.3. The summed E-state index contributed by atoms with van der Waals surface area (Å²) in [7, 11) is 0. The molecule has 0 aromatic carbocycles. The third-order valence-corrected chi connectivity index (χ3v) is 37.2. The lowest BCUT2D eigenvalue weighted by Crippen LogP contribution is -2.49. The summed E-state index contributed by atoms with van der Waals surface area (Å²) in [5, 5.41) is 0. The number of ether oxygens (including phenoxy) is 7. The molecule has 0 amide bonds. The molecule has 0 radical (unpaired) electrons. The number of esters is 7. The summed E-state index contributed by atoms with van der Waals surface area (Å²) in [6.07, 6.45) is 60.4. The van der Waals surface area contributed by atoms with Crippen molar-refractivity contribution in [2.75, 3.05) is 0 Å². The third-order valence-electron chi connectivity index (χ3n) is 37.2. The molecule has 0 spiro atoms. The summed E-state index contributed by atoms with van der Waals surface area (Å²) >= 11 is 0. The molecule has 0 aliphatic heterocycles. The second-order valence-corrected chi connectivity index (χ2v) is 50.1. The van der Waals surface area contributed by atoms with E-state index in [2.05, 4.69) is 83.1 Å². The van der Waals surface area contributed by atoms with Crippen LogP contribution in [-0.2, 0) is 66.7 Å². The molecule has 0 saturated heterocycles. The first-order valence-corrected chi connectivity index (χ1v) is 53.6. The van der Waals surface area contributed by atoms with E-state index in [1.165, 1.54) is 225 Å². The Hall–Kier alpha value is -3.71. The molecule has 14 nitrogen and oxygen atoms in total. The van der Waals surface area contributed by atoms with Gasteiger partial charge in [0, 0.05) is 11.3 Å². The van der Waals surface area contributed by atoms with Crippen molar-refractivity contribution in [1.29, 1.82) is 0 Å². The van der Waals surface area contributed by atoms with E-state index in [4.69, 9.17) is 33.2 Å². The average Bonchev–Trinajstić information content (AvgIpc) is 1.57. The van der Waals surface area contributed by atoms with Crippen LogP contribution >= 0.6 is 0 Å². The Morgan fingerprint density at radius 1 is 0.261 bits per heavy atom. The van der Waals surface area contributed by atoms with E-state index in [1.54, 1.807) is 0 Å². The predicted molar refractivity (Wildman–Crippen MR) is 623 cm³/mol. The zero-order valence-corrected chi connectivity index (χ0v) is 88.6. The zero-order valence-electron chi connectivity index (χ0n) is 88.6. The van der Waals surface area contributed by atoms with E-state index in [1.807, 2.05) is 125 Å². The molecule has 12 fully saturated rings. The molecule has 12 aliphatic rings. The van der Waals surface area contributed by atoms with Crippen molar-refractivity contribution >= 4 is 41.8 Å². The predicted octanol–water partition coefficient (Wildman–Crippen LogP) is 41.1. The van der Waals surface area contributed by atoms with Crippen molar-refractivity contribution in [1.82, 2.24) is 0 Å². The third kappa shape index (κ3) is 42.5. The molecule has 11 unspecified atom stereocenters. The van der Waals surface area contributed by atoms with Crippen LogP contribution in [0.4, 0.5) is 0 Å². The molecule has 14 heteroatoms. The van der Waals surface area contributed by atoms with Crippen molar-refractivity contribution in [3.05, 3.63) is 0 Å². The fourth-order valence-electron chi connectivity index (χ4n) is 23.2. The average molecular weight is 2030 g/mol. The highest BCUT2D eigenvalue weighted by molar-refractivity contribution is 5.79. The summed E-state index contributed by atoms with van der Waals surface area (Å²) in [6, 6.07) is 0. The molecule has 0 aromatic heterocycles. The van der Waals surface area contributed by atoms with Gasteiger partial charge < -0.3 is 33.2 Å². The largest absolute Gasteiger partial charge is 0.461 e. The van der Waals surface area contributed by atoms with E-state index >= 15 is 0 Å². The summed E-state index contributed by atoms with van der Waals surface area (Å²) in [6.45, 7) is 62.2. The van der Waals surface area contributed by atoms with Crippen molar-refractivity contribution in [2.24, 2.45) is 102 Å². The maximum Gasteiger partial charge on any atom is 0.312 e. The molecular formula is C128H262O14. The van der Waals surface area contributed by atoms with Gasteiger partial charge in [0.2, 0.25) is 0 Å². The lowest BCUT2D eigenvalue weighted by Gasteiger charge is -2.47. The van der Waals surface area contributed by atoms with Crippen molar-refractivity contribution in [3.63, 3.8) is 0 Å². The van der Waals surface area contributed by atoms with Crippen LogP contribution in [-0.4, -0.2) is 81.5 Å². The number of rotatable bonds is 23. The second-order valence-electron chi connectivity index (χ2n) is 50.1. The van der Waals surface area contributed by atoms with Gasteiger partial charge in [-0.3, -0.25) is 33.6 Å². The van der Waals surface area contributed by atoms with Crippen LogP contribution in [0.3, 0.4) is 0 Å². The standard InChI is InChI=1S/C20H36O2.C17H28O2.C17H32O2.C16H28O2.C15H28O2.C14H24O2.C14H26O2.15CH4/c1-5-19(2,3)18(21)22-20(4,16-12-8-6-9-13-16)17-14-10-7-11-15-17;1-5-16(2,3)15(18)19-17(4)10-11-9-14(17)13-8-6-7-12(11)13;1-5-16(2,3)15(18)19-17(4)13-11-9-7-6-8-10-12-14-17;1-7-14(2,3)13(17)18-12-10-11-8-9-16(12,6)15(11,4)5;1-5-14(2,3)13(16)17-15(4)11-9-7-6-8-10-12-15;1-5-13(2,3)12(15)16-14(4)9-10-6-7-11(14)8-10;1-5-13(2,3)12(15)16-14(4)10-8-6-7-9-11-14;;;;;;;;;;;;;;;/h16-17H,5-15H2,1-4H3;11-14H,5-10H2,1-4H3;5-14H2,1-4H3;11-12H,7-10H2,1-6H3;5-12H2,1-4H3;10-11H,5-9H2,1-4H3;5-11H2,1-4H3;15*1H4. The van der Waals surface area contributed by atoms with E-state index in [0.29, 0.717) is 29.1 Å². The number of carbonyl (C=O) groups excluding carboxylic acids is 7. The van der Waals surface area contributed by atoms with Crippen molar-refractivity contribution in [2.45, 2.75) is 686 Å². The Kier molecular flexibility index (Phi) is 74.6. The monoisotopic (exact) mass is 2020 g/mol. The van der Waals surface area contributed by atoms with Crippen LogP contribution in [0.1, 0.15) is 647 Å². The van der Waals surface area contributed by atoms with E-state index < -0.39 is 0 Å². The molecule has 858 valence electrons. The molecule has 6 bridgehead atoms. The minimum atomic E-state index is -0.357. The first-order valence-electron chi connectivity index (χ1n) is 53.6. The minimum Gasteiger partial charge on any atom is -0.461 e. The van der Waals surface area contributed by atoms with Crippen LogP contribution in [0.2, 0.25) is 0 Å². The Labute approximate surface area is 891 Å². The van der Waals surface area contributed by atoms with Gasteiger partial charge in [-0.25, -0.2) is 0 Å². The van der Waals surface area contributed by atoms with E-state index in [9.17, 15) is 33.6 Å². The van der Waals surface area contributed by atoms with Gasteiger partial charge in [-0.1, -0.05) is 290 Å². The fourth-order valence-corrected chi connectivity index (χ4v) is 23.2. The summed E-state index contributed by atoms with van der Waals surface area (Å²) < 4.78 is 41.7. The van der Waals surface area contributed by atoms with Crippen LogP contribution in [0, 0.1) is 102 Å². The molecule has 12 aliphatic carbocycles. The van der Waals surface area contributed by atoms with Crippen LogP contribution in [0.25, 0.3) is 0 Å². The Balaban J connectivity index is -0.000000176. The smallest absolute Gasteiger partial charge is 0.312 e. The second kappa shape index (κ2) is 66.9. The van der Waals surface area contributed by atoms with Gasteiger partial charge in [-0.2, -0.15) is 0 Å². The topological polar surface area (TPSA) is 184 Å². The maximum absolute atomic E-state index is 12.8. The van der Waals surface area contributed by atoms with Crippen LogP contribution < -0.4 is 0 Å². The van der Waals surface area contributed by atoms with Gasteiger partial charge in [0.05, 0.1) is 37.9 Å². The lowest BCUT2D eigenvalue weighted by molar-refractivity contribution is -0.187. The number of carbonyl (C=O) groups is 7. The fraction of sp³-hybridized carbons (Fsp3) is 0.945. The molecule has 12 rings (SSSR count). The van der Waals surface area contributed by atoms with Gasteiger partial charge in [0.25, 0.3) is 0 Å². The number of hydrogen-bond acceptors (Lipinski definition) is 14. The summed E-state index contributed by atoms with van der Waals surface area (Å²) in [5.74, 6) is 6.52. The molecule has 0 aromatic rings. The molecule has 11 atom stereocenters. The van der Waals surface area contributed by atoms with E-state index in [-0.39, 0.29) is 236 Å². The molecular weight excluding hydrogens is 1760 g/mol. The molecule has 142 heavy (non-hydrogen) atoms. The highest BCUT2D eigenvalue weighted by Gasteiger charge is 2.64. The number of fused-ring (bicyclic) bond motifs is 9. The van der Waals surface area contributed by atoms with Gasteiger partial charge >= 0.3 is 41.8 Å². The van der Waals surface area contributed by atoms with Crippen molar-refractivity contribution < 1.29 is 66.7 Å². The Morgan fingerprint density at radius 3 is 0.824 bits per heavy atom. The summed E-state index contributed by atoms with van der Waals surface area (Å²) in [4.78, 5) is 86.1. The highest BCUT2D eigenvalue weighted by Crippen LogP contribution is 2.67. The number of hydrogen-bond donors (Lipinski definition) is 0. The summed E-state index contributed by atoms with van der Waals surface area (Å²) in [5.41, 5.74) is -3.12. The lowest BCUT2D eigenvalue weighted by atomic mass is 9.67. The van der Waals surface area contributed by atoms with Crippen LogP contribution in [0.15, 0.2) is 0 Å². The SMILES string of the molecule is C.C.C.C.C.C.C.C.C.C.C.C.C.C.C.CCC(C)(C)C(=O)OC(C)(C1CCCCC1)C1CCCCC1.CCC(C)(C)C(=O)OC1(C)CC2CC1C1CCCC21.CCC(C)(C)C(=O)OC1(C)CC2CCC1C2.CCC(C)(C)C(=O)OC1(C)CCCCCC1.CCC(C)(C)C(=O)OC1(C)CCCCCCC1.CCC(C)(C)C(=O)OC1(C)CCCCCCCCC1.CCC(C)(C)C(=O)OC1CC2CCC1(C)C2(C)C.